The van der Waals surface area contributed by atoms with E-state index >= 15 is 0 Å². The number of halogens is 2. The van der Waals surface area contributed by atoms with Crippen LogP contribution in [0.4, 0.5) is 4.39 Å². The molecule has 0 spiro atoms. The predicted octanol–water partition coefficient (Wildman–Crippen LogP) is 3.30. The summed E-state index contributed by atoms with van der Waals surface area (Å²) >= 11 is 3.25. The van der Waals surface area contributed by atoms with Crippen LogP contribution in [0.1, 0.15) is 39.4 Å². The van der Waals surface area contributed by atoms with Gasteiger partial charge in [-0.1, -0.05) is 6.07 Å². The van der Waals surface area contributed by atoms with E-state index < -0.39 is 27.9 Å². The summed E-state index contributed by atoms with van der Waals surface area (Å²) in [7, 11) is -1.34. The number of hydrogen-bond donors (Lipinski definition) is 1. The maximum atomic E-state index is 13.7. The molecule has 1 aromatic rings. The third-order valence-corrected chi connectivity index (χ3v) is 4.33. The zero-order chi connectivity index (χ0) is 13.9. The molecule has 1 aromatic heterocycles. The van der Waals surface area contributed by atoms with Gasteiger partial charge in [-0.05, 0) is 55.8 Å². The summed E-state index contributed by atoms with van der Waals surface area (Å²) in [5.41, 5.74) is 0.539. The Morgan fingerprint density at radius 1 is 1.44 bits per heavy atom. The van der Waals surface area contributed by atoms with E-state index in [0.29, 0.717) is 10.3 Å². The standard InChI is InChI=1S/C12H18BrFN2OS/c1-8(14)11(16-18(17)12(2,3)4)9-6-5-7-10(13)15-9/h5-8,11,16H,1-4H3/t8?,11-,18-/m0/s1. The van der Waals surface area contributed by atoms with E-state index in [9.17, 15) is 8.60 Å². The average molecular weight is 337 g/mol. The molecule has 0 bridgehead atoms. The second-order valence-corrected chi connectivity index (χ2v) is 7.85. The second kappa shape index (κ2) is 6.21. The van der Waals surface area contributed by atoms with Crippen molar-refractivity contribution < 1.29 is 8.60 Å². The number of aromatic nitrogens is 1. The van der Waals surface area contributed by atoms with Crippen molar-refractivity contribution >= 4 is 26.9 Å². The van der Waals surface area contributed by atoms with Gasteiger partial charge in [-0.25, -0.2) is 18.3 Å². The van der Waals surface area contributed by atoms with Crippen LogP contribution in [-0.2, 0) is 11.0 Å². The first-order valence-electron chi connectivity index (χ1n) is 5.66. The van der Waals surface area contributed by atoms with E-state index in [0.717, 1.165) is 0 Å². The summed E-state index contributed by atoms with van der Waals surface area (Å²) in [5, 5.41) is 0. The molecule has 1 rings (SSSR count). The van der Waals surface area contributed by atoms with Crippen LogP contribution in [0.2, 0.25) is 0 Å². The number of alkyl halides is 1. The highest BCUT2D eigenvalue weighted by Gasteiger charge is 2.27. The van der Waals surface area contributed by atoms with Crippen molar-refractivity contribution in [2.24, 2.45) is 0 Å². The highest BCUT2D eigenvalue weighted by Crippen LogP contribution is 2.22. The maximum absolute atomic E-state index is 13.7. The minimum Gasteiger partial charge on any atom is -0.246 e. The van der Waals surface area contributed by atoms with E-state index in [-0.39, 0.29) is 0 Å². The fraction of sp³-hybridized carbons (Fsp3) is 0.583. The molecule has 0 amide bonds. The fourth-order valence-corrected chi connectivity index (χ4v) is 2.53. The Labute approximate surface area is 118 Å². The van der Waals surface area contributed by atoms with Crippen molar-refractivity contribution in [3.63, 3.8) is 0 Å². The van der Waals surface area contributed by atoms with E-state index in [4.69, 9.17) is 0 Å². The zero-order valence-electron chi connectivity index (χ0n) is 10.9. The van der Waals surface area contributed by atoms with Crippen molar-refractivity contribution in [1.29, 1.82) is 0 Å². The lowest BCUT2D eigenvalue weighted by Crippen LogP contribution is -2.38. The molecule has 0 saturated carbocycles. The number of pyridine rings is 1. The topological polar surface area (TPSA) is 42.0 Å². The summed E-state index contributed by atoms with van der Waals surface area (Å²) in [6.07, 6.45) is -1.18. The summed E-state index contributed by atoms with van der Waals surface area (Å²) in [6, 6.07) is 4.59. The molecule has 0 fully saturated rings. The highest BCUT2D eigenvalue weighted by molar-refractivity contribution is 9.10. The quantitative estimate of drug-likeness (QED) is 0.857. The molecular weight excluding hydrogens is 319 g/mol. The molecule has 1 N–H and O–H groups in total. The van der Waals surface area contributed by atoms with Crippen LogP contribution in [0, 0.1) is 0 Å². The molecule has 1 unspecified atom stereocenters. The van der Waals surface area contributed by atoms with Gasteiger partial charge in [0.2, 0.25) is 0 Å². The normalized spacial score (nSPS) is 17.2. The summed E-state index contributed by atoms with van der Waals surface area (Å²) in [5.74, 6) is 0. The van der Waals surface area contributed by atoms with E-state index in [2.05, 4.69) is 25.6 Å². The summed E-state index contributed by atoms with van der Waals surface area (Å²) in [4.78, 5) is 4.21. The summed E-state index contributed by atoms with van der Waals surface area (Å²) in [6.45, 7) is 6.94. The largest absolute Gasteiger partial charge is 0.246 e. The number of hydrogen-bond acceptors (Lipinski definition) is 2. The predicted molar refractivity (Wildman–Crippen MR) is 76.3 cm³/mol. The van der Waals surface area contributed by atoms with E-state index in [1.165, 1.54) is 6.92 Å². The molecule has 0 radical (unpaired) electrons. The van der Waals surface area contributed by atoms with Crippen molar-refractivity contribution in [3.8, 4) is 0 Å². The van der Waals surface area contributed by atoms with Gasteiger partial charge in [-0.15, -0.1) is 0 Å². The lowest BCUT2D eigenvalue weighted by molar-refractivity contribution is 0.292. The highest BCUT2D eigenvalue weighted by atomic mass is 79.9. The molecule has 3 atom stereocenters. The molecular formula is C12H18BrFN2OS. The van der Waals surface area contributed by atoms with Crippen LogP contribution in [0.25, 0.3) is 0 Å². The van der Waals surface area contributed by atoms with Crippen LogP contribution in [0.5, 0.6) is 0 Å². The Bertz CT molecular complexity index is 434. The number of rotatable bonds is 4. The van der Waals surface area contributed by atoms with Crippen LogP contribution >= 0.6 is 15.9 Å². The van der Waals surface area contributed by atoms with Crippen molar-refractivity contribution in [3.05, 3.63) is 28.5 Å². The van der Waals surface area contributed by atoms with Crippen LogP contribution in [0.15, 0.2) is 22.8 Å². The Hall–Kier alpha value is -0.330. The SMILES string of the molecule is CC(F)[C@H](N[S@@](=O)C(C)(C)C)c1cccc(Br)n1. The first kappa shape index (κ1) is 15.7. The van der Waals surface area contributed by atoms with Gasteiger partial charge in [0.1, 0.15) is 10.8 Å². The average Bonchev–Trinajstić information content (AvgIpc) is 2.23. The minimum absolute atomic E-state index is 0.445. The molecule has 0 saturated heterocycles. The van der Waals surface area contributed by atoms with Crippen molar-refractivity contribution in [2.75, 3.05) is 0 Å². The summed E-state index contributed by atoms with van der Waals surface area (Å²) < 4.78 is 28.7. The van der Waals surface area contributed by atoms with Gasteiger partial charge in [-0.3, -0.25) is 0 Å². The third kappa shape index (κ3) is 4.40. The van der Waals surface area contributed by atoms with Gasteiger partial charge in [-0.2, -0.15) is 0 Å². The molecule has 6 heteroatoms. The molecule has 1 heterocycles. The first-order valence-corrected chi connectivity index (χ1v) is 7.60. The van der Waals surface area contributed by atoms with Crippen LogP contribution in [0.3, 0.4) is 0 Å². The molecule has 0 aromatic carbocycles. The van der Waals surface area contributed by atoms with Gasteiger partial charge >= 0.3 is 0 Å². The fourth-order valence-electron chi connectivity index (χ4n) is 1.28. The Morgan fingerprint density at radius 2 is 2.06 bits per heavy atom. The van der Waals surface area contributed by atoms with Crippen molar-refractivity contribution in [1.82, 2.24) is 9.71 Å². The van der Waals surface area contributed by atoms with Gasteiger partial charge in [0.05, 0.1) is 27.5 Å². The molecule has 18 heavy (non-hydrogen) atoms. The monoisotopic (exact) mass is 336 g/mol. The van der Waals surface area contributed by atoms with Crippen LogP contribution < -0.4 is 4.72 Å². The molecule has 102 valence electrons. The number of nitrogens with one attached hydrogen (secondary N) is 1. The molecule has 3 nitrogen and oxygen atoms in total. The van der Waals surface area contributed by atoms with Gasteiger partial charge in [0.25, 0.3) is 0 Å². The van der Waals surface area contributed by atoms with Gasteiger partial charge in [0, 0.05) is 0 Å². The Kier molecular flexibility index (Phi) is 5.43. The number of nitrogens with zero attached hydrogens (tertiary/aromatic N) is 1. The second-order valence-electron chi connectivity index (χ2n) is 5.04. The van der Waals surface area contributed by atoms with Gasteiger partial charge < -0.3 is 0 Å². The molecule has 0 aliphatic heterocycles. The first-order chi connectivity index (χ1) is 8.21. The lowest BCUT2D eigenvalue weighted by Gasteiger charge is -2.24. The maximum Gasteiger partial charge on any atom is 0.119 e. The smallest absolute Gasteiger partial charge is 0.119 e. The van der Waals surface area contributed by atoms with Gasteiger partial charge in [0.15, 0.2) is 0 Å². The minimum atomic E-state index is -1.34. The van der Waals surface area contributed by atoms with E-state index in [1.54, 1.807) is 18.2 Å². The van der Waals surface area contributed by atoms with Crippen LogP contribution in [-0.4, -0.2) is 20.1 Å². The Morgan fingerprint density at radius 3 is 2.50 bits per heavy atom. The van der Waals surface area contributed by atoms with E-state index in [1.807, 2.05) is 20.8 Å². The lowest BCUT2D eigenvalue weighted by atomic mass is 10.1. The molecule has 0 aliphatic carbocycles. The van der Waals surface area contributed by atoms with Crippen molar-refractivity contribution in [2.45, 2.75) is 44.7 Å². The third-order valence-electron chi connectivity index (χ3n) is 2.30. The zero-order valence-corrected chi connectivity index (χ0v) is 13.3. The molecule has 0 aliphatic rings. The Balaban J connectivity index is 2.95.